The van der Waals surface area contributed by atoms with Crippen molar-refractivity contribution >= 4 is 34.2 Å². The summed E-state index contributed by atoms with van der Waals surface area (Å²) in [4.78, 5) is 8.10. The number of benzene rings is 1. The number of nitrogens with zero attached hydrogens (tertiary/aromatic N) is 2. The molecule has 0 unspecified atom stereocenters. The highest BCUT2D eigenvalue weighted by Gasteiger charge is 2.00. The van der Waals surface area contributed by atoms with Crippen LogP contribution in [0.25, 0.3) is 0 Å². The number of alkyl halides is 1. The third-order valence-electron chi connectivity index (χ3n) is 1.86. The molecule has 5 heteroatoms. The van der Waals surface area contributed by atoms with Crippen LogP contribution in [-0.4, -0.2) is 9.97 Å². The maximum atomic E-state index is 5.64. The van der Waals surface area contributed by atoms with Crippen molar-refractivity contribution in [1.29, 1.82) is 0 Å². The van der Waals surface area contributed by atoms with Crippen LogP contribution in [0.15, 0.2) is 36.7 Å². The summed E-state index contributed by atoms with van der Waals surface area (Å²) >= 11 is 7.87. The molecule has 3 nitrogen and oxygen atoms in total. The van der Waals surface area contributed by atoms with Crippen LogP contribution in [0, 0.1) is 3.57 Å². The summed E-state index contributed by atoms with van der Waals surface area (Å²) in [5, 5.41) is 0. The highest BCUT2D eigenvalue weighted by molar-refractivity contribution is 14.1. The minimum absolute atomic E-state index is 0.329. The van der Waals surface area contributed by atoms with E-state index in [4.69, 9.17) is 16.3 Å². The second kappa shape index (κ2) is 5.45. The van der Waals surface area contributed by atoms with Crippen LogP contribution < -0.4 is 4.74 Å². The number of halogens is 2. The van der Waals surface area contributed by atoms with E-state index >= 15 is 0 Å². The lowest BCUT2D eigenvalue weighted by Crippen LogP contribution is -1.92. The van der Waals surface area contributed by atoms with E-state index in [1.165, 1.54) is 0 Å². The molecule has 0 fully saturated rings. The van der Waals surface area contributed by atoms with Gasteiger partial charge in [0.25, 0.3) is 0 Å². The molecule has 0 aliphatic rings. The molecule has 16 heavy (non-hydrogen) atoms. The molecule has 82 valence electrons. The molecule has 1 aromatic carbocycles. The smallest absolute Gasteiger partial charge is 0.321 e. The van der Waals surface area contributed by atoms with Crippen LogP contribution in [0.2, 0.25) is 0 Å². The molecule has 0 saturated carbocycles. The molecule has 0 N–H and O–H groups in total. The van der Waals surface area contributed by atoms with E-state index in [1.54, 1.807) is 12.4 Å². The fourth-order valence-corrected chi connectivity index (χ4v) is 1.57. The van der Waals surface area contributed by atoms with E-state index in [0.29, 0.717) is 11.9 Å². The minimum atomic E-state index is 0.329. The normalized spacial score (nSPS) is 10.1. The molecule has 0 bridgehead atoms. The Bertz CT molecular complexity index is 458. The van der Waals surface area contributed by atoms with Crippen LogP contribution in [0.4, 0.5) is 0 Å². The van der Waals surface area contributed by atoms with Crippen molar-refractivity contribution in [3.63, 3.8) is 0 Å². The highest BCUT2D eigenvalue weighted by Crippen LogP contribution is 2.18. The maximum Gasteiger partial charge on any atom is 0.321 e. The van der Waals surface area contributed by atoms with Crippen molar-refractivity contribution < 1.29 is 4.74 Å². The van der Waals surface area contributed by atoms with Crippen LogP contribution in [0.3, 0.4) is 0 Å². The number of hydrogen-bond donors (Lipinski definition) is 0. The van der Waals surface area contributed by atoms with Crippen molar-refractivity contribution in [2.24, 2.45) is 0 Å². The van der Waals surface area contributed by atoms with Gasteiger partial charge in [-0.2, -0.15) is 0 Å². The molecule has 0 spiro atoms. The monoisotopic (exact) mass is 346 g/mol. The van der Waals surface area contributed by atoms with Gasteiger partial charge in [0, 0.05) is 21.5 Å². The van der Waals surface area contributed by atoms with Crippen LogP contribution in [0.1, 0.15) is 5.56 Å². The number of hydrogen-bond acceptors (Lipinski definition) is 3. The average Bonchev–Trinajstić information content (AvgIpc) is 2.33. The summed E-state index contributed by atoms with van der Waals surface area (Å²) in [6, 6.07) is 8.00. The summed E-state index contributed by atoms with van der Waals surface area (Å²) in [7, 11) is 0. The fraction of sp³-hybridized carbons (Fsp3) is 0.0909. The molecule has 0 atom stereocenters. The lowest BCUT2D eigenvalue weighted by Gasteiger charge is -2.03. The predicted octanol–water partition coefficient (Wildman–Crippen LogP) is 3.61. The van der Waals surface area contributed by atoms with Crippen molar-refractivity contribution in [3.05, 3.63) is 45.8 Å². The second-order valence-corrected chi connectivity index (χ2v) is 4.58. The minimum Gasteiger partial charge on any atom is -0.424 e. The highest BCUT2D eigenvalue weighted by atomic mass is 127. The maximum absolute atomic E-state index is 5.64. The zero-order valence-corrected chi connectivity index (χ0v) is 11.1. The second-order valence-electron chi connectivity index (χ2n) is 3.06. The molecule has 0 amide bonds. The van der Waals surface area contributed by atoms with Crippen LogP contribution in [-0.2, 0) is 5.88 Å². The van der Waals surface area contributed by atoms with Crippen molar-refractivity contribution in [2.75, 3.05) is 0 Å². The van der Waals surface area contributed by atoms with Gasteiger partial charge in [0.1, 0.15) is 5.75 Å². The number of ether oxygens (including phenoxy) is 1. The Balaban J connectivity index is 2.11. The van der Waals surface area contributed by atoms with E-state index in [0.717, 1.165) is 14.9 Å². The van der Waals surface area contributed by atoms with E-state index in [1.807, 2.05) is 24.3 Å². The summed E-state index contributed by atoms with van der Waals surface area (Å²) in [6.45, 7) is 0. The summed E-state index contributed by atoms with van der Waals surface area (Å²) in [5.74, 6) is 1.13. The summed E-state index contributed by atoms with van der Waals surface area (Å²) < 4.78 is 6.62. The van der Waals surface area contributed by atoms with Crippen LogP contribution >= 0.6 is 34.2 Å². The first-order chi connectivity index (χ1) is 7.78. The Hall–Kier alpha value is -0.880. The molecular formula is C11H8ClIN2O. The Kier molecular flexibility index (Phi) is 3.95. The molecule has 0 aliphatic heterocycles. The molecule has 1 heterocycles. The van der Waals surface area contributed by atoms with Gasteiger partial charge < -0.3 is 4.74 Å². The van der Waals surface area contributed by atoms with E-state index in [-0.39, 0.29) is 0 Å². The van der Waals surface area contributed by atoms with Gasteiger partial charge in [0.2, 0.25) is 0 Å². The topological polar surface area (TPSA) is 35.0 Å². The standard InChI is InChI=1S/C11H8ClIN2O/c12-5-8-6-14-11(15-7-8)16-10-3-1-9(13)2-4-10/h1-4,6-7H,5H2. The SMILES string of the molecule is ClCc1cnc(Oc2ccc(I)cc2)nc1. The quantitative estimate of drug-likeness (QED) is 0.629. The molecule has 0 aliphatic carbocycles. The Labute approximate surface area is 112 Å². The third-order valence-corrected chi connectivity index (χ3v) is 2.89. The van der Waals surface area contributed by atoms with Gasteiger partial charge in [-0.1, -0.05) is 0 Å². The number of aromatic nitrogens is 2. The lowest BCUT2D eigenvalue weighted by atomic mass is 10.3. The molecule has 0 saturated heterocycles. The zero-order valence-electron chi connectivity index (χ0n) is 8.23. The van der Waals surface area contributed by atoms with E-state index < -0.39 is 0 Å². The van der Waals surface area contributed by atoms with Crippen LogP contribution in [0.5, 0.6) is 11.8 Å². The van der Waals surface area contributed by atoms with Gasteiger partial charge in [-0.3, -0.25) is 0 Å². The van der Waals surface area contributed by atoms with Gasteiger partial charge in [-0.05, 0) is 46.9 Å². The first kappa shape index (κ1) is 11.6. The Morgan fingerprint density at radius 2 is 1.75 bits per heavy atom. The van der Waals surface area contributed by atoms with Gasteiger partial charge in [-0.25, -0.2) is 9.97 Å². The first-order valence-corrected chi connectivity index (χ1v) is 6.19. The Morgan fingerprint density at radius 1 is 1.12 bits per heavy atom. The van der Waals surface area contributed by atoms with E-state index in [9.17, 15) is 0 Å². The van der Waals surface area contributed by atoms with Gasteiger partial charge >= 0.3 is 6.01 Å². The van der Waals surface area contributed by atoms with Gasteiger partial charge in [0.05, 0.1) is 5.88 Å². The number of rotatable bonds is 3. The van der Waals surface area contributed by atoms with Crippen molar-refractivity contribution in [2.45, 2.75) is 5.88 Å². The molecule has 1 aromatic heterocycles. The van der Waals surface area contributed by atoms with E-state index in [2.05, 4.69) is 32.6 Å². The predicted molar refractivity (Wildman–Crippen MR) is 70.8 cm³/mol. The van der Waals surface area contributed by atoms with Crippen molar-refractivity contribution in [3.8, 4) is 11.8 Å². The molecule has 2 rings (SSSR count). The molecule has 2 aromatic rings. The van der Waals surface area contributed by atoms with Crippen molar-refractivity contribution in [1.82, 2.24) is 9.97 Å². The zero-order chi connectivity index (χ0) is 11.4. The lowest BCUT2D eigenvalue weighted by molar-refractivity contribution is 0.441. The third kappa shape index (κ3) is 3.05. The Morgan fingerprint density at radius 3 is 2.31 bits per heavy atom. The molecular weight excluding hydrogens is 338 g/mol. The fourth-order valence-electron chi connectivity index (χ4n) is 1.07. The van der Waals surface area contributed by atoms with Gasteiger partial charge in [-0.15, -0.1) is 11.6 Å². The summed E-state index contributed by atoms with van der Waals surface area (Å²) in [6.07, 6.45) is 3.31. The largest absolute Gasteiger partial charge is 0.424 e. The van der Waals surface area contributed by atoms with Gasteiger partial charge in [0.15, 0.2) is 0 Å². The first-order valence-electron chi connectivity index (χ1n) is 4.58. The average molecular weight is 347 g/mol. The molecule has 0 radical (unpaired) electrons. The summed E-state index contributed by atoms with van der Waals surface area (Å²) in [5.41, 5.74) is 0.872.